The first kappa shape index (κ1) is 25.3. The monoisotopic (exact) mass is 481 g/mol. The third-order valence-electron chi connectivity index (χ3n) is 4.78. The molecule has 31 heavy (non-hydrogen) atoms. The SMILES string of the molecule is CCc1ccc2nc(N(CCCN(C)C)C(=O)CS(=O)(=O)c3ccccc3)sc2c1.Cl. The Labute approximate surface area is 194 Å². The van der Waals surface area contributed by atoms with Gasteiger partial charge in [-0.3, -0.25) is 9.69 Å². The molecule has 0 saturated carbocycles. The molecule has 0 aliphatic carbocycles. The lowest BCUT2D eigenvalue weighted by Gasteiger charge is -2.21. The lowest BCUT2D eigenvalue weighted by Crippen LogP contribution is -2.37. The molecule has 0 fully saturated rings. The van der Waals surface area contributed by atoms with Crippen molar-refractivity contribution >= 4 is 54.8 Å². The van der Waals surface area contributed by atoms with Gasteiger partial charge in [-0.25, -0.2) is 13.4 Å². The Morgan fingerprint density at radius 1 is 1.06 bits per heavy atom. The highest BCUT2D eigenvalue weighted by Crippen LogP contribution is 2.30. The zero-order chi connectivity index (χ0) is 21.7. The van der Waals surface area contributed by atoms with Crippen LogP contribution in [-0.2, 0) is 21.1 Å². The highest BCUT2D eigenvalue weighted by molar-refractivity contribution is 7.92. The van der Waals surface area contributed by atoms with E-state index in [2.05, 4.69) is 18.0 Å². The number of amides is 1. The number of aromatic nitrogens is 1. The Hall–Kier alpha value is -2.00. The maximum absolute atomic E-state index is 13.1. The van der Waals surface area contributed by atoms with Crippen LogP contribution in [0.4, 0.5) is 5.13 Å². The van der Waals surface area contributed by atoms with E-state index in [-0.39, 0.29) is 17.3 Å². The topological polar surface area (TPSA) is 70.6 Å². The zero-order valence-corrected chi connectivity index (χ0v) is 20.4. The van der Waals surface area contributed by atoms with Gasteiger partial charge in [0.2, 0.25) is 5.91 Å². The number of carbonyl (C=O) groups excluding carboxylic acids is 1. The molecule has 1 amide bonds. The molecular formula is C22H28ClN3O3S2. The van der Waals surface area contributed by atoms with Crippen molar-refractivity contribution in [3.63, 3.8) is 0 Å². The van der Waals surface area contributed by atoms with Crippen LogP contribution in [0, 0.1) is 0 Å². The number of hydrogen-bond donors (Lipinski definition) is 0. The standard InChI is InChI=1S/C22H27N3O3S2.ClH/c1-4-17-11-12-19-20(15-17)29-22(23-19)25(14-8-13-24(2)3)21(26)16-30(27,28)18-9-6-5-7-10-18;/h5-7,9-12,15H,4,8,13-14,16H2,1-3H3;1H. The quantitative estimate of drug-likeness (QED) is 0.461. The zero-order valence-electron chi connectivity index (χ0n) is 17.9. The third kappa shape index (κ3) is 6.49. The van der Waals surface area contributed by atoms with Gasteiger partial charge in [-0.05, 0) is 63.3 Å². The highest BCUT2D eigenvalue weighted by Gasteiger charge is 2.26. The first-order chi connectivity index (χ1) is 14.3. The van der Waals surface area contributed by atoms with Crippen LogP contribution >= 0.6 is 23.7 Å². The Balaban J connectivity index is 0.00000341. The van der Waals surface area contributed by atoms with E-state index in [9.17, 15) is 13.2 Å². The van der Waals surface area contributed by atoms with E-state index in [1.165, 1.54) is 33.9 Å². The second-order valence-electron chi connectivity index (χ2n) is 7.43. The summed E-state index contributed by atoms with van der Waals surface area (Å²) in [6, 6.07) is 14.2. The number of benzene rings is 2. The van der Waals surface area contributed by atoms with Gasteiger partial charge in [0.25, 0.3) is 0 Å². The lowest BCUT2D eigenvalue weighted by molar-refractivity contribution is -0.116. The average molecular weight is 482 g/mol. The summed E-state index contributed by atoms with van der Waals surface area (Å²) in [6.07, 6.45) is 1.64. The van der Waals surface area contributed by atoms with Crippen molar-refractivity contribution in [3.8, 4) is 0 Å². The minimum atomic E-state index is -3.72. The second-order valence-corrected chi connectivity index (χ2v) is 10.4. The Morgan fingerprint density at radius 2 is 1.77 bits per heavy atom. The Kier molecular flexibility index (Phi) is 9.00. The van der Waals surface area contributed by atoms with Crippen LogP contribution in [0.2, 0.25) is 0 Å². The fourth-order valence-electron chi connectivity index (χ4n) is 3.12. The van der Waals surface area contributed by atoms with E-state index in [0.29, 0.717) is 11.7 Å². The van der Waals surface area contributed by atoms with Gasteiger partial charge in [0.05, 0.1) is 15.1 Å². The molecule has 2 aromatic carbocycles. The van der Waals surface area contributed by atoms with Crippen molar-refractivity contribution < 1.29 is 13.2 Å². The van der Waals surface area contributed by atoms with Gasteiger partial charge in [-0.2, -0.15) is 0 Å². The molecule has 1 heterocycles. The van der Waals surface area contributed by atoms with Crippen LogP contribution < -0.4 is 4.90 Å². The van der Waals surface area contributed by atoms with E-state index < -0.39 is 21.5 Å². The van der Waals surface area contributed by atoms with Crippen LogP contribution in [0.5, 0.6) is 0 Å². The molecule has 0 atom stereocenters. The van der Waals surface area contributed by atoms with Gasteiger partial charge in [0.15, 0.2) is 15.0 Å². The number of thiazole rings is 1. The molecule has 0 N–H and O–H groups in total. The molecule has 9 heteroatoms. The fraction of sp³-hybridized carbons (Fsp3) is 0.364. The van der Waals surface area contributed by atoms with Gasteiger partial charge < -0.3 is 4.90 Å². The maximum atomic E-state index is 13.1. The molecule has 0 aliphatic rings. The van der Waals surface area contributed by atoms with Crippen molar-refractivity contribution in [2.75, 3.05) is 37.8 Å². The number of aryl methyl sites for hydroxylation is 1. The second kappa shape index (κ2) is 11.0. The number of hydrogen-bond acceptors (Lipinski definition) is 6. The van der Waals surface area contributed by atoms with Gasteiger partial charge >= 0.3 is 0 Å². The normalized spacial score (nSPS) is 11.5. The number of fused-ring (bicyclic) bond motifs is 1. The number of sulfone groups is 1. The molecule has 0 bridgehead atoms. The summed E-state index contributed by atoms with van der Waals surface area (Å²) < 4.78 is 26.5. The molecule has 0 radical (unpaired) electrons. The van der Waals surface area contributed by atoms with Crippen molar-refractivity contribution in [2.45, 2.75) is 24.7 Å². The van der Waals surface area contributed by atoms with Crippen LogP contribution in [0.25, 0.3) is 10.2 Å². The van der Waals surface area contributed by atoms with Crippen molar-refractivity contribution in [1.29, 1.82) is 0 Å². The third-order valence-corrected chi connectivity index (χ3v) is 7.44. The number of carbonyl (C=O) groups is 1. The van der Waals surface area contributed by atoms with Gasteiger partial charge in [0.1, 0.15) is 5.75 Å². The Bertz CT molecular complexity index is 1120. The minimum Gasteiger partial charge on any atom is -0.309 e. The summed E-state index contributed by atoms with van der Waals surface area (Å²) >= 11 is 1.43. The van der Waals surface area contributed by atoms with E-state index in [1.807, 2.05) is 31.1 Å². The van der Waals surface area contributed by atoms with Gasteiger partial charge in [-0.1, -0.05) is 42.5 Å². The Morgan fingerprint density at radius 3 is 2.42 bits per heavy atom. The smallest absolute Gasteiger partial charge is 0.244 e. The summed E-state index contributed by atoms with van der Waals surface area (Å²) in [5.74, 6) is -1.03. The first-order valence-corrected chi connectivity index (χ1v) is 12.4. The summed E-state index contributed by atoms with van der Waals surface area (Å²) in [6.45, 7) is 3.30. The number of nitrogens with zero attached hydrogens (tertiary/aromatic N) is 3. The van der Waals surface area contributed by atoms with E-state index in [0.717, 1.165) is 29.6 Å². The molecule has 0 unspecified atom stereocenters. The molecule has 168 valence electrons. The maximum Gasteiger partial charge on any atom is 0.244 e. The molecule has 3 rings (SSSR count). The first-order valence-electron chi connectivity index (χ1n) is 9.92. The molecule has 6 nitrogen and oxygen atoms in total. The summed E-state index contributed by atoms with van der Waals surface area (Å²) in [5.41, 5.74) is 2.03. The predicted molar refractivity (Wildman–Crippen MR) is 130 cm³/mol. The van der Waals surface area contributed by atoms with E-state index in [1.54, 1.807) is 18.2 Å². The van der Waals surface area contributed by atoms with Crippen LogP contribution in [0.1, 0.15) is 18.9 Å². The largest absolute Gasteiger partial charge is 0.309 e. The summed E-state index contributed by atoms with van der Waals surface area (Å²) in [4.78, 5) is 21.5. The molecule has 1 aromatic heterocycles. The molecule has 0 aliphatic heterocycles. The number of halogens is 1. The predicted octanol–water partition coefficient (Wildman–Crippen LogP) is 4.04. The number of rotatable bonds is 9. The number of anilines is 1. The van der Waals surface area contributed by atoms with Crippen molar-refractivity contribution in [2.24, 2.45) is 0 Å². The molecule has 0 saturated heterocycles. The average Bonchev–Trinajstić information content (AvgIpc) is 3.13. The van der Waals surface area contributed by atoms with Gasteiger partial charge in [0, 0.05) is 6.54 Å². The molecule has 0 spiro atoms. The van der Waals surface area contributed by atoms with E-state index >= 15 is 0 Å². The minimum absolute atomic E-state index is 0. The van der Waals surface area contributed by atoms with Gasteiger partial charge in [-0.15, -0.1) is 12.4 Å². The lowest BCUT2D eigenvalue weighted by atomic mass is 10.2. The van der Waals surface area contributed by atoms with Crippen molar-refractivity contribution in [3.05, 3.63) is 54.1 Å². The highest BCUT2D eigenvalue weighted by atomic mass is 35.5. The van der Waals surface area contributed by atoms with Crippen LogP contribution in [0.15, 0.2) is 53.4 Å². The van der Waals surface area contributed by atoms with Crippen LogP contribution in [-0.4, -0.2) is 57.1 Å². The molecule has 3 aromatic rings. The fourth-order valence-corrected chi connectivity index (χ4v) is 5.41. The van der Waals surface area contributed by atoms with E-state index in [4.69, 9.17) is 0 Å². The molecular weight excluding hydrogens is 454 g/mol. The van der Waals surface area contributed by atoms with Crippen molar-refractivity contribution in [1.82, 2.24) is 9.88 Å². The summed E-state index contributed by atoms with van der Waals surface area (Å²) in [7, 11) is 0.217. The van der Waals surface area contributed by atoms with Crippen LogP contribution in [0.3, 0.4) is 0 Å². The summed E-state index contributed by atoms with van der Waals surface area (Å²) in [5, 5.41) is 0.547.